The van der Waals surface area contributed by atoms with Crippen LogP contribution in [-0.2, 0) is 5.75 Å². The molecule has 3 heterocycles. The van der Waals surface area contributed by atoms with Gasteiger partial charge in [-0.2, -0.15) is 4.98 Å². The second kappa shape index (κ2) is 6.93. The molecule has 0 unspecified atom stereocenters. The first-order valence-corrected chi connectivity index (χ1v) is 9.81. The van der Waals surface area contributed by atoms with E-state index in [0.29, 0.717) is 23.4 Å². The van der Waals surface area contributed by atoms with Gasteiger partial charge in [0.15, 0.2) is 0 Å². The van der Waals surface area contributed by atoms with E-state index in [1.165, 1.54) is 5.56 Å². The molecule has 0 amide bonds. The molecular weight excluding hydrogens is 352 g/mol. The molecule has 1 aromatic carbocycles. The molecule has 3 aromatic heterocycles. The molecule has 4 aromatic rings. The molecule has 0 aliphatic heterocycles. The first-order valence-electron chi connectivity index (χ1n) is 7.94. The molecule has 0 aliphatic rings. The number of thiophene rings is 1. The van der Waals surface area contributed by atoms with E-state index < -0.39 is 0 Å². The number of hydrogen-bond acceptors (Lipinski definition) is 7. The van der Waals surface area contributed by atoms with Crippen LogP contribution in [0, 0.1) is 0 Å². The lowest BCUT2D eigenvalue weighted by Crippen LogP contribution is -1.88. The Kier molecular flexibility index (Phi) is 4.50. The summed E-state index contributed by atoms with van der Waals surface area (Å²) in [5, 5.41) is 7.06. The SMILES string of the molecule is CC(C)c1ccc(-c2noc(CSc3ncnc4ccsc34)n2)cc1. The van der Waals surface area contributed by atoms with Crippen molar-refractivity contribution in [2.24, 2.45) is 0 Å². The Balaban J connectivity index is 1.49. The molecule has 0 radical (unpaired) electrons. The van der Waals surface area contributed by atoms with Gasteiger partial charge in [-0.3, -0.25) is 0 Å². The largest absolute Gasteiger partial charge is 0.338 e. The molecule has 0 saturated heterocycles. The van der Waals surface area contributed by atoms with Gasteiger partial charge in [-0.15, -0.1) is 11.3 Å². The van der Waals surface area contributed by atoms with Crippen molar-refractivity contribution in [3.63, 3.8) is 0 Å². The number of nitrogens with zero attached hydrogens (tertiary/aromatic N) is 4. The standard InChI is InChI=1S/C18H16N4OS2/c1-11(2)12-3-5-13(6-4-12)17-21-15(23-22-17)9-25-18-16-14(7-8-24-16)19-10-20-18/h3-8,10-11H,9H2,1-2H3. The predicted molar refractivity (Wildman–Crippen MR) is 101 cm³/mol. The summed E-state index contributed by atoms with van der Waals surface area (Å²) in [4.78, 5) is 13.1. The van der Waals surface area contributed by atoms with Gasteiger partial charge in [0, 0.05) is 5.56 Å². The molecule has 7 heteroatoms. The third kappa shape index (κ3) is 3.43. The van der Waals surface area contributed by atoms with Crippen LogP contribution in [0.15, 0.2) is 51.6 Å². The molecule has 0 spiro atoms. The summed E-state index contributed by atoms with van der Waals surface area (Å²) in [7, 11) is 0. The zero-order chi connectivity index (χ0) is 17.2. The maximum Gasteiger partial charge on any atom is 0.237 e. The van der Waals surface area contributed by atoms with Gasteiger partial charge in [-0.25, -0.2) is 9.97 Å². The van der Waals surface area contributed by atoms with Crippen LogP contribution in [0.5, 0.6) is 0 Å². The van der Waals surface area contributed by atoms with Crippen LogP contribution >= 0.6 is 23.1 Å². The molecular formula is C18H16N4OS2. The Morgan fingerprint density at radius 1 is 1.12 bits per heavy atom. The lowest BCUT2D eigenvalue weighted by Gasteiger charge is -2.04. The highest BCUT2D eigenvalue weighted by Gasteiger charge is 2.12. The third-order valence-electron chi connectivity index (χ3n) is 3.85. The summed E-state index contributed by atoms with van der Waals surface area (Å²) in [6, 6.07) is 10.3. The zero-order valence-corrected chi connectivity index (χ0v) is 15.5. The Bertz CT molecular complexity index is 992. The fraction of sp³-hybridized carbons (Fsp3) is 0.222. The van der Waals surface area contributed by atoms with Crippen molar-refractivity contribution in [2.45, 2.75) is 30.5 Å². The minimum absolute atomic E-state index is 0.508. The Labute approximate surface area is 153 Å². The summed E-state index contributed by atoms with van der Waals surface area (Å²) in [5.41, 5.74) is 3.23. The van der Waals surface area contributed by atoms with Crippen LogP contribution in [0.2, 0.25) is 0 Å². The van der Waals surface area contributed by atoms with Gasteiger partial charge in [0.25, 0.3) is 0 Å². The van der Waals surface area contributed by atoms with Crippen molar-refractivity contribution >= 4 is 33.3 Å². The summed E-state index contributed by atoms with van der Waals surface area (Å²) < 4.78 is 6.48. The molecule has 0 fully saturated rings. The van der Waals surface area contributed by atoms with Gasteiger partial charge in [-0.1, -0.05) is 55.0 Å². The molecule has 0 N–H and O–H groups in total. The minimum atomic E-state index is 0.508. The van der Waals surface area contributed by atoms with E-state index in [4.69, 9.17) is 4.52 Å². The number of hydrogen-bond donors (Lipinski definition) is 0. The highest BCUT2D eigenvalue weighted by Crippen LogP contribution is 2.30. The van der Waals surface area contributed by atoms with E-state index in [1.54, 1.807) is 29.4 Å². The molecule has 4 rings (SSSR count). The van der Waals surface area contributed by atoms with Crippen LogP contribution in [0.4, 0.5) is 0 Å². The summed E-state index contributed by atoms with van der Waals surface area (Å²) in [5.74, 6) is 2.31. The molecule has 0 saturated carbocycles. The van der Waals surface area contributed by atoms with Crippen molar-refractivity contribution in [3.8, 4) is 11.4 Å². The van der Waals surface area contributed by atoms with Crippen molar-refractivity contribution in [1.82, 2.24) is 20.1 Å². The van der Waals surface area contributed by atoms with Crippen LogP contribution in [0.1, 0.15) is 31.2 Å². The minimum Gasteiger partial charge on any atom is -0.338 e. The fourth-order valence-corrected chi connectivity index (χ4v) is 4.23. The van der Waals surface area contributed by atoms with Crippen LogP contribution < -0.4 is 0 Å². The quantitative estimate of drug-likeness (QED) is 0.358. The maximum absolute atomic E-state index is 5.39. The van der Waals surface area contributed by atoms with Crippen LogP contribution in [-0.4, -0.2) is 20.1 Å². The van der Waals surface area contributed by atoms with Gasteiger partial charge in [0.05, 0.1) is 16.0 Å². The highest BCUT2D eigenvalue weighted by molar-refractivity contribution is 7.98. The molecule has 0 bridgehead atoms. The number of rotatable bonds is 5. The lowest BCUT2D eigenvalue weighted by molar-refractivity contribution is 0.391. The number of aromatic nitrogens is 4. The summed E-state index contributed by atoms with van der Waals surface area (Å²) in [6.07, 6.45) is 1.59. The van der Waals surface area contributed by atoms with Crippen LogP contribution in [0.3, 0.4) is 0 Å². The number of thioether (sulfide) groups is 1. The number of fused-ring (bicyclic) bond motifs is 1. The van der Waals surface area contributed by atoms with E-state index in [2.05, 4.69) is 46.1 Å². The highest BCUT2D eigenvalue weighted by atomic mass is 32.2. The third-order valence-corrected chi connectivity index (χ3v) is 5.86. The Morgan fingerprint density at radius 2 is 1.96 bits per heavy atom. The van der Waals surface area contributed by atoms with E-state index >= 15 is 0 Å². The smallest absolute Gasteiger partial charge is 0.237 e. The van der Waals surface area contributed by atoms with E-state index in [9.17, 15) is 0 Å². The van der Waals surface area contributed by atoms with Crippen molar-refractivity contribution in [1.29, 1.82) is 0 Å². The summed E-state index contributed by atoms with van der Waals surface area (Å²) in [6.45, 7) is 4.35. The fourth-order valence-electron chi connectivity index (χ4n) is 2.45. The Morgan fingerprint density at radius 3 is 2.76 bits per heavy atom. The van der Waals surface area contributed by atoms with Gasteiger partial charge >= 0.3 is 0 Å². The second-order valence-corrected chi connectivity index (χ2v) is 7.77. The molecule has 25 heavy (non-hydrogen) atoms. The average molecular weight is 368 g/mol. The monoisotopic (exact) mass is 368 g/mol. The van der Waals surface area contributed by atoms with Crippen molar-refractivity contribution in [3.05, 3.63) is 53.5 Å². The van der Waals surface area contributed by atoms with E-state index in [0.717, 1.165) is 20.8 Å². The van der Waals surface area contributed by atoms with Crippen molar-refractivity contribution < 1.29 is 4.52 Å². The van der Waals surface area contributed by atoms with Gasteiger partial charge in [0.1, 0.15) is 11.4 Å². The van der Waals surface area contributed by atoms with E-state index in [-0.39, 0.29) is 0 Å². The first kappa shape index (κ1) is 16.2. The van der Waals surface area contributed by atoms with Gasteiger partial charge in [-0.05, 0) is 22.9 Å². The van der Waals surface area contributed by atoms with Gasteiger partial charge < -0.3 is 4.52 Å². The topological polar surface area (TPSA) is 64.7 Å². The molecule has 5 nitrogen and oxygen atoms in total. The molecule has 0 atom stereocenters. The summed E-state index contributed by atoms with van der Waals surface area (Å²) >= 11 is 3.23. The van der Waals surface area contributed by atoms with Gasteiger partial charge in [0.2, 0.25) is 11.7 Å². The normalized spacial score (nSPS) is 11.5. The second-order valence-electron chi connectivity index (χ2n) is 5.89. The zero-order valence-electron chi connectivity index (χ0n) is 13.8. The first-order chi connectivity index (χ1) is 12.2. The van der Waals surface area contributed by atoms with Crippen molar-refractivity contribution in [2.75, 3.05) is 0 Å². The predicted octanol–water partition coefficient (Wildman–Crippen LogP) is 5.16. The molecule has 0 aliphatic carbocycles. The van der Waals surface area contributed by atoms with E-state index in [1.807, 2.05) is 23.6 Å². The maximum atomic E-state index is 5.39. The lowest BCUT2D eigenvalue weighted by atomic mass is 10.0. The average Bonchev–Trinajstić information content (AvgIpc) is 3.29. The Hall–Kier alpha value is -2.25. The number of benzene rings is 1. The van der Waals surface area contributed by atoms with Crippen LogP contribution in [0.25, 0.3) is 21.6 Å². The molecule has 126 valence electrons.